The summed E-state index contributed by atoms with van der Waals surface area (Å²) in [5, 5.41) is 6.31. The molecule has 4 nitrogen and oxygen atoms in total. The van der Waals surface area contributed by atoms with Crippen LogP contribution in [0.3, 0.4) is 0 Å². The van der Waals surface area contributed by atoms with E-state index in [1.54, 1.807) is 0 Å². The van der Waals surface area contributed by atoms with E-state index in [2.05, 4.69) is 34.7 Å². The molecule has 1 aromatic carbocycles. The second-order valence-electron chi connectivity index (χ2n) is 5.64. The number of rotatable bonds is 5. The minimum atomic E-state index is -0.0313. The zero-order valence-corrected chi connectivity index (χ0v) is 12.5. The summed E-state index contributed by atoms with van der Waals surface area (Å²) in [5.74, 6) is -0.0313. The van der Waals surface area contributed by atoms with Crippen LogP contribution in [-0.2, 0) is 11.3 Å². The van der Waals surface area contributed by atoms with Gasteiger partial charge in [0.25, 0.3) is 0 Å². The molecule has 1 atom stereocenters. The third-order valence-electron chi connectivity index (χ3n) is 3.90. The predicted octanol–water partition coefficient (Wildman–Crippen LogP) is 2.22. The third kappa shape index (κ3) is 4.62. The Bertz CT molecular complexity index is 430. The highest BCUT2D eigenvalue weighted by Gasteiger charge is 2.17. The van der Waals surface area contributed by atoms with Crippen LogP contribution < -0.4 is 10.6 Å². The van der Waals surface area contributed by atoms with Crippen molar-refractivity contribution in [1.82, 2.24) is 10.2 Å². The molecule has 1 aliphatic heterocycles. The van der Waals surface area contributed by atoms with Crippen molar-refractivity contribution < 1.29 is 4.79 Å². The molecule has 110 valence electrons. The molecule has 0 spiro atoms. The summed E-state index contributed by atoms with van der Waals surface area (Å²) in [7, 11) is 2.22. The number of likely N-dealkylation sites (tertiary alicyclic amines) is 1. The van der Waals surface area contributed by atoms with Gasteiger partial charge in [-0.2, -0.15) is 0 Å². The number of benzene rings is 1. The van der Waals surface area contributed by atoms with Crippen molar-refractivity contribution in [3.63, 3.8) is 0 Å². The summed E-state index contributed by atoms with van der Waals surface area (Å²) in [5.41, 5.74) is 2.10. The smallest absolute Gasteiger partial charge is 0.221 e. The van der Waals surface area contributed by atoms with Gasteiger partial charge in [0.15, 0.2) is 0 Å². The van der Waals surface area contributed by atoms with Gasteiger partial charge in [0, 0.05) is 31.7 Å². The molecule has 0 bridgehead atoms. The third-order valence-corrected chi connectivity index (χ3v) is 3.90. The largest absolute Gasteiger partial charge is 0.326 e. The van der Waals surface area contributed by atoms with Crippen molar-refractivity contribution in [3.05, 3.63) is 29.8 Å². The van der Waals surface area contributed by atoms with Gasteiger partial charge in [-0.3, -0.25) is 4.79 Å². The van der Waals surface area contributed by atoms with Crippen molar-refractivity contribution in [2.75, 3.05) is 25.5 Å². The maximum absolute atomic E-state index is 10.9. The van der Waals surface area contributed by atoms with E-state index in [4.69, 9.17) is 0 Å². The summed E-state index contributed by atoms with van der Waals surface area (Å²) in [6.07, 6.45) is 3.98. The van der Waals surface area contributed by atoms with Crippen molar-refractivity contribution in [2.45, 2.75) is 38.8 Å². The van der Waals surface area contributed by atoms with E-state index < -0.39 is 0 Å². The van der Waals surface area contributed by atoms with Crippen LogP contribution in [0.25, 0.3) is 0 Å². The molecular formula is C16H25N3O. The average molecular weight is 275 g/mol. The van der Waals surface area contributed by atoms with Gasteiger partial charge in [0.2, 0.25) is 5.91 Å². The Morgan fingerprint density at radius 3 is 2.70 bits per heavy atom. The lowest BCUT2D eigenvalue weighted by Crippen LogP contribution is -2.42. The molecule has 2 N–H and O–H groups in total. The summed E-state index contributed by atoms with van der Waals surface area (Å²) in [4.78, 5) is 13.4. The van der Waals surface area contributed by atoms with Gasteiger partial charge in [0.05, 0.1) is 0 Å². The van der Waals surface area contributed by atoms with Crippen LogP contribution in [0.2, 0.25) is 0 Å². The minimum Gasteiger partial charge on any atom is -0.326 e. The van der Waals surface area contributed by atoms with Gasteiger partial charge in [-0.1, -0.05) is 18.6 Å². The number of nitrogens with one attached hydrogen (secondary N) is 2. The number of likely N-dealkylation sites (N-methyl/N-ethyl adjacent to an activating group) is 1. The first-order valence-corrected chi connectivity index (χ1v) is 7.42. The van der Waals surface area contributed by atoms with Gasteiger partial charge in [0.1, 0.15) is 0 Å². The number of nitrogens with zero attached hydrogens (tertiary/aromatic N) is 1. The zero-order chi connectivity index (χ0) is 14.4. The standard InChI is InChI=1S/C16H25N3O/c1-13(20)18-15-8-6-14(7-9-15)11-17-12-16-5-3-4-10-19(16)2/h6-9,16-17H,3-5,10-12H2,1-2H3,(H,18,20). The highest BCUT2D eigenvalue weighted by Crippen LogP contribution is 2.14. The van der Waals surface area contributed by atoms with Crippen LogP contribution >= 0.6 is 0 Å². The Labute approximate surface area is 121 Å². The monoisotopic (exact) mass is 275 g/mol. The molecule has 1 unspecified atom stereocenters. The van der Waals surface area contributed by atoms with Gasteiger partial charge in [-0.25, -0.2) is 0 Å². The molecule has 20 heavy (non-hydrogen) atoms. The summed E-state index contributed by atoms with van der Waals surface area (Å²) < 4.78 is 0. The number of carbonyl (C=O) groups excluding carboxylic acids is 1. The first kappa shape index (κ1) is 15.0. The molecule has 1 aromatic rings. The van der Waals surface area contributed by atoms with Crippen LogP contribution in [-0.4, -0.2) is 37.0 Å². The number of amides is 1. The van der Waals surface area contributed by atoms with E-state index in [0.717, 1.165) is 18.8 Å². The Balaban J connectivity index is 1.74. The first-order valence-electron chi connectivity index (χ1n) is 7.42. The van der Waals surface area contributed by atoms with Gasteiger partial charge >= 0.3 is 0 Å². The van der Waals surface area contributed by atoms with E-state index >= 15 is 0 Å². The molecule has 0 radical (unpaired) electrons. The number of carbonyl (C=O) groups is 1. The van der Waals surface area contributed by atoms with Crippen LogP contribution in [0.4, 0.5) is 5.69 Å². The maximum atomic E-state index is 10.9. The van der Waals surface area contributed by atoms with Gasteiger partial charge in [-0.15, -0.1) is 0 Å². The van der Waals surface area contributed by atoms with E-state index in [9.17, 15) is 4.79 Å². The Kier molecular flexibility index (Phi) is 5.56. The number of hydrogen-bond donors (Lipinski definition) is 2. The molecular weight excluding hydrogens is 250 g/mol. The lowest BCUT2D eigenvalue weighted by molar-refractivity contribution is -0.114. The van der Waals surface area contributed by atoms with Crippen LogP contribution in [0.15, 0.2) is 24.3 Å². The van der Waals surface area contributed by atoms with Crippen molar-refractivity contribution in [3.8, 4) is 0 Å². The SMILES string of the molecule is CC(=O)Nc1ccc(CNCC2CCCCN2C)cc1. The number of piperidine rings is 1. The van der Waals surface area contributed by atoms with Crippen LogP contribution in [0.5, 0.6) is 0 Å². The maximum Gasteiger partial charge on any atom is 0.221 e. The molecule has 0 aliphatic carbocycles. The quantitative estimate of drug-likeness (QED) is 0.866. The Morgan fingerprint density at radius 2 is 2.05 bits per heavy atom. The number of hydrogen-bond acceptors (Lipinski definition) is 3. The topological polar surface area (TPSA) is 44.4 Å². The zero-order valence-electron chi connectivity index (χ0n) is 12.5. The van der Waals surface area contributed by atoms with Crippen molar-refractivity contribution >= 4 is 11.6 Å². The fourth-order valence-corrected chi connectivity index (χ4v) is 2.69. The fraction of sp³-hybridized carbons (Fsp3) is 0.562. The van der Waals surface area contributed by atoms with Crippen molar-refractivity contribution in [1.29, 1.82) is 0 Å². The summed E-state index contributed by atoms with van der Waals surface area (Å²) in [6.45, 7) is 4.67. The molecule has 2 rings (SSSR count). The predicted molar refractivity (Wildman–Crippen MR) is 82.7 cm³/mol. The van der Waals surface area contributed by atoms with Crippen molar-refractivity contribution in [2.24, 2.45) is 0 Å². The number of anilines is 1. The second kappa shape index (κ2) is 7.41. The summed E-state index contributed by atoms with van der Waals surface area (Å²) >= 11 is 0. The molecule has 1 amide bonds. The lowest BCUT2D eigenvalue weighted by atomic mass is 10.0. The van der Waals surface area contributed by atoms with E-state index in [1.807, 2.05) is 12.1 Å². The van der Waals surface area contributed by atoms with Crippen LogP contribution in [0.1, 0.15) is 31.7 Å². The van der Waals surface area contributed by atoms with E-state index in [0.29, 0.717) is 6.04 Å². The summed E-state index contributed by atoms with van der Waals surface area (Å²) in [6, 6.07) is 8.68. The molecule has 0 aromatic heterocycles. The highest BCUT2D eigenvalue weighted by atomic mass is 16.1. The van der Waals surface area contributed by atoms with Gasteiger partial charge in [-0.05, 0) is 44.1 Å². The fourth-order valence-electron chi connectivity index (χ4n) is 2.69. The van der Waals surface area contributed by atoms with E-state index in [1.165, 1.54) is 38.3 Å². The van der Waals surface area contributed by atoms with Crippen LogP contribution in [0, 0.1) is 0 Å². The second-order valence-corrected chi connectivity index (χ2v) is 5.64. The molecule has 1 saturated heterocycles. The Morgan fingerprint density at radius 1 is 1.30 bits per heavy atom. The van der Waals surface area contributed by atoms with E-state index in [-0.39, 0.29) is 5.91 Å². The van der Waals surface area contributed by atoms with Gasteiger partial charge < -0.3 is 15.5 Å². The first-order chi connectivity index (χ1) is 9.65. The molecule has 0 saturated carbocycles. The molecule has 1 heterocycles. The minimum absolute atomic E-state index is 0.0313. The normalized spacial score (nSPS) is 19.8. The Hall–Kier alpha value is -1.39. The molecule has 1 aliphatic rings. The average Bonchev–Trinajstić information content (AvgIpc) is 2.42. The molecule has 1 fully saturated rings. The highest BCUT2D eigenvalue weighted by molar-refractivity contribution is 5.88. The lowest BCUT2D eigenvalue weighted by Gasteiger charge is -2.32. The molecule has 4 heteroatoms.